The van der Waals surface area contributed by atoms with Crippen LogP contribution < -0.4 is 5.73 Å². The smallest absolute Gasteiger partial charge is 0.182 e. The van der Waals surface area contributed by atoms with E-state index in [2.05, 4.69) is 40.9 Å². The van der Waals surface area contributed by atoms with Crippen LogP contribution in [-0.4, -0.2) is 45.5 Å². The summed E-state index contributed by atoms with van der Waals surface area (Å²) >= 11 is 2.60. The number of hydrogen-bond acceptors (Lipinski definition) is 6. The summed E-state index contributed by atoms with van der Waals surface area (Å²) in [7, 11) is 0. The van der Waals surface area contributed by atoms with Crippen molar-refractivity contribution in [2.24, 2.45) is 0 Å². The Morgan fingerprint density at radius 2 is 2.16 bits per heavy atom. The Labute approximate surface area is 117 Å². The summed E-state index contributed by atoms with van der Waals surface area (Å²) in [5.74, 6) is 0.433. The van der Waals surface area contributed by atoms with Crippen LogP contribution in [0.4, 0.5) is 5.82 Å². The molecule has 0 aromatic carbocycles. The van der Waals surface area contributed by atoms with Crippen LogP contribution in [0.15, 0.2) is 37.2 Å². The molecule has 0 aliphatic carbocycles. The molecule has 0 saturated carbocycles. The Balaban J connectivity index is 0.000000141. The van der Waals surface area contributed by atoms with Crippen molar-refractivity contribution in [3.63, 3.8) is 0 Å². The Kier molecular flexibility index (Phi) is 4.17. The van der Waals surface area contributed by atoms with Gasteiger partial charge in [-0.2, -0.15) is 0 Å². The summed E-state index contributed by atoms with van der Waals surface area (Å²) < 4.78 is 0.433. The van der Waals surface area contributed by atoms with Gasteiger partial charge in [-0.15, -0.1) is 0 Å². The number of aromatic nitrogens is 5. The van der Waals surface area contributed by atoms with Gasteiger partial charge in [-0.1, -0.05) is 0 Å². The molecule has 0 spiro atoms. The van der Waals surface area contributed by atoms with E-state index in [1.165, 1.54) is 12.7 Å². The van der Waals surface area contributed by atoms with Crippen LogP contribution in [-0.2, 0) is 0 Å². The van der Waals surface area contributed by atoms with Crippen LogP contribution in [0.5, 0.6) is 0 Å². The summed E-state index contributed by atoms with van der Waals surface area (Å²) in [4.78, 5) is 18.2. The van der Waals surface area contributed by atoms with Gasteiger partial charge in [-0.25, -0.2) is 15.0 Å². The summed E-state index contributed by atoms with van der Waals surface area (Å²) in [5, 5.41) is 7.14. The molecule has 8 heteroatoms. The molecule has 0 aliphatic heterocycles. The van der Waals surface area contributed by atoms with Crippen LogP contribution in [0.1, 0.15) is 5.56 Å². The maximum absolute atomic E-state index is 7.14. The number of fused-ring (bicyclic) bond motifs is 1. The third-order valence-corrected chi connectivity index (χ3v) is 2.67. The van der Waals surface area contributed by atoms with Gasteiger partial charge in [-0.3, -0.25) is 0 Å². The van der Waals surface area contributed by atoms with E-state index in [1.54, 1.807) is 18.5 Å². The van der Waals surface area contributed by atoms with Crippen molar-refractivity contribution in [1.29, 1.82) is 5.41 Å². The van der Waals surface area contributed by atoms with Crippen molar-refractivity contribution in [3.8, 4) is 0 Å². The molecule has 3 rings (SSSR count). The number of H-pyrrole nitrogens is 1. The van der Waals surface area contributed by atoms with Crippen LogP contribution in [0.2, 0.25) is 0 Å². The molecule has 0 atom stereocenters. The molecule has 19 heavy (non-hydrogen) atoms. The van der Waals surface area contributed by atoms with E-state index in [1.807, 2.05) is 6.07 Å². The maximum Gasteiger partial charge on any atom is 0.182 e. The molecule has 3 aromatic rings. The molecule has 0 saturated heterocycles. The standard InChI is InChI=1S/C6H5N2Se.C5H5N5/c7-6(9)5-2-1-3-8-4-5;6-4-3-5(9-1-7-3)10-2-8-4/h1-4,7H;1-2H,(H3,6,7,8,9,10). The second-order valence-corrected chi connectivity index (χ2v) is 4.29. The summed E-state index contributed by atoms with van der Waals surface area (Å²) in [6.07, 6.45) is 6.26. The zero-order chi connectivity index (χ0) is 13.7. The Bertz CT molecular complexity index is 680. The van der Waals surface area contributed by atoms with Crippen LogP contribution in [0.3, 0.4) is 0 Å². The molecule has 7 nitrogen and oxygen atoms in total. The number of aromatic amines is 1. The minimum Gasteiger partial charge on any atom is -0.382 e. The van der Waals surface area contributed by atoms with Crippen molar-refractivity contribution in [2.45, 2.75) is 0 Å². The van der Waals surface area contributed by atoms with Crippen LogP contribution in [0.25, 0.3) is 11.2 Å². The number of nitrogens with one attached hydrogen (secondary N) is 2. The van der Waals surface area contributed by atoms with Crippen molar-refractivity contribution >= 4 is 37.6 Å². The first-order valence-electron chi connectivity index (χ1n) is 5.24. The first kappa shape index (κ1) is 13.1. The van der Waals surface area contributed by atoms with Gasteiger partial charge in [0, 0.05) is 0 Å². The minimum absolute atomic E-state index is 0.433. The van der Waals surface area contributed by atoms with Gasteiger partial charge in [0.2, 0.25) is 0 Å². The third-order valence-electron chi connectivity index (χ3n) is 2.18. The monoisotopic (exact) mass is 320 g/mol. The van der Waals surface area contributed by atoms with Crippen molar-refractivity contribution in [2.75, 3.05) is 5.73 Å². The zero-order valence-electron chi connectivity index (χ0n) is 9.74. The molecular weight excluding hydrogens is 309 g/mol. The topological polar surface area (TPSA) is 117 Å². The number of imidazole rings is 1. The summed E-state index contributed by atoms with van der Waals surface area (Å²) in [6.45, 7) is 0. The molecule has 95 valence electrons. The van der Waals surface area contributed by atoms with Crippen LogP contribution >= 0.6 is 0 Å². The van der Waals surface area contributed by atoms with Crippen molar-refractivity contribution < 1.29 is 0 Å². The quantitative estimate of drug-likeness (QED) is 0.446. The number of rotatable bonds is 1. The second kappa shape index (κ2) is 6.03. The summed E-state index contributed by atoms with van der Waals surface area (Å²) in [5.41, 5.74) is 7.61. The van der Waals surface area contributed by atoms with E-state index in [4.69, 9.17) is 11.1 Å². The number of pyridine rings is 1. The van der Waals surface area contributed by atoms with E-state index >= 15 is 0 Å². The number of anilines is 1. The molecule has 0 bridgehead atoms. The Morgan fingerprint density at radius 3 is 2.74 bits per heavy atom. The van der Waals surface area contributed by atoms with Gasteiger partial charge in [0.15, 0.2) is 11.5 Å². The van der Waals surface area contributed by atoms with Gasteiger partial charge < -0.3 is 10.7 Å². The van der Waals surface area contributed by atoms with E-state index in [-0.39, 0.29) is 0 Å². The average Bonchev–Trinajstić information content (AvgIpc) is 2.90. The molecule has 0 unspecified atom stereocenters. The molecule has 0 aliphatic rings. The van der Waals surface area contributed by atoms with Gasteiger partial charge in [0.1, 0.15) is 11.8 Å². The van der Waals surface area contributed by atoms with Gasteiger partial charge in [-0.05, 0) is 0 Å². The molecule has 0 amide bonds. The van der Waals surface area contributed by atoms with Crippen molar-refractivity contribution in [3.05, 3.63) is 42.7 Å². The molecule has 0 fully saturated rings. The second-order valence-electron chi connectivity index (χ2n) is 3.43. The van der Waals surface area contributed by atoms with E-state index < -0.39 is 0 Å². The molecule has 4 N–H and O–H groups in total. The molecule has 3 aromatic heterocycles. The van der Waals surface area contributed by atoms with Gasteiger partial charge >= 0.3 is 61.1 Å². The van der Waals surface area contributed by atoms with Crippen molar-refractivity contribution in [1.82, 2.24) is 24.9 Å². The third kappa shape index (κ3) is 3.34. The van der Waals surface area contributed by atoms with Gasteiger partial charge in [0.25, 0.3) is 0 Å². The summed E-state index contributed by atoms with van der Waals surface area (Å²) in [6, 6.07) is 3.65. The molecule has 3 heterocycles. The fourth-order valence-corrected chi connectivity index (χ4v) is 1.53. The predicted octanol–water partition coefficient (Wildman–Crippen LogP) is 0.511. The zero-order valence-corrected chi connectivity index (χ0v) is 11.5. The number of nitrogens with two attached hydrogens (primary N) is 1. The number of hydrogen-bond donors (Lipinski definition) is 3. The van der Waals surface area contributed by atoms with Gasteiger partial charge in [0.05, 0.1) is 6.33 Å². The first-order chi connectivity index (χ1) is 9.18. The van der Waals surface area contributed by atoms with Crippen LogP contribution in [0, 0.1) is 5.41 Å². The fourth-order valence-electron chi connectivity index (χ4n) is 1.28. The largest absolute Gasteiger partial charge is 0.382 e. The minimum atomic E-state index is 0.433. The fraction of sp³-hybridized carbons (Fsp3) is 0. The molecule has 1 radical (unpaired) electrons. The average molecular weight is 319 g/mol. The number of nitrogens with zero attached hydrogens (tertiary/aromatic N) is 4. The van der Waals surface area contributed by atoms with E-state index in [0.29, 0.717) is 21.6 Å². The molecular formula is C11H10N7Se. The SMILES string of the molecule is N=C([Se])c1cccnc1.Nc1ncnc2nc[nH]c12. The Morgan fingerprint density at radius 1 is 1.32 bits per heavy atom. The van der Waals surface area contributed by atoms with E-state index in [9.17, 15) is 0 Å². The number of nitrogen functional groups attached to an aromatic ring is 1. The first-order valence-corrected chi connectivity index (χ1v) is 6.09. The maximum atomic E-state index is 7.14. The van der Waals surface area contributed by atoms with E-state index in [0.717, 1.165) is 5.56 Å². The normalized spacial score (nSPS) is 9.68. The Hall–Kier alpha value is -2.31. The predicted molar refractivity (Wildman–Crippen MR) is 72.9 cm³/mol.